The smallest absolute Gasteiger partial charge is 0.305 e. The lowest BCUT2D eigenvalue weighted by molar-refractivity contribution is -0.143. The molecule has 3 N–H and O–H groups in total. The Hall–Kier alpha value is -1.92. The van der Waals surface area contributed by atoms with Crippen LogP contribution >= 0.6 is 0 Å². The van der Waals surface area contributed by atoms with E-state index in [1.54, 1.807) is 6.08 Å². The fourth-order valence-electron chi connectivity index (χ4n) is 11.7. The predicted molar refractivity (Wildman–Crippen MR) is 361 cm³/mol. The lowest BCUT2D eigenvalue weighted by atomic mass is 10.0. The van der Waals surface area contributed by atoms with Gasteiger partial charge in [0, 0.05) is 12.8 Å². The number of esters is 1. The Bertz CT molecular complexity index is 1330. The number of ether oxygens (including phenoxy) is 1. The first-order chi connectivity index (χ1) is 40.5. The molecule has 0 radical (unpaired) electrons. The highest BCUT2D eigenvalue weighted by molar-refractivity contribution is 5.76. The minimum absolute atomic E-state index is 0.0106. The molecule has 0 saturated carbocycles. The normalized spacial score (nSPS) is 12.7. The highest BCUT2D eigenvalue weighted by Crippen LogP contribution is 2.19. The fraction of sp³-hybridized carbons (Fsp3) is 0.895. The van der Waals surface area contributed by atoms with E-state index >= 15 is 0 Å². The van der Waals surface area contributed by atoms with Gasteiger partial charge in [0.05, 0.1) is 25.4 Å². The van der Waals surface area contributed by atoms with Crippen LogP contribution in [0.5, 0.6) is 0 Å². The van der Waals surface area contributed by atoms with Crippen molar-refractivity contribution >= 4 is 11.9 Å². The van der Waals surface area contributed by atoms with Crippen molar-refractivity contribution < 1.29 is 24.5 Å². The average molecular weight is 1150 g/mol. The molecule has 0 fully saturated rings. The zero-order chi connectivity index (χ0) is 59.2. The third-order valence-corrected chi connectivity index (χ3v) is 17.4. The summed E-state index contributed by atoms with van der Waals surface area (Å²) < 4.78 is 5.50. The van der Waals surface area contributed by atoms with Crippen molar-refractivity contribution in [2.24, 2.45) is 0 Å². The molecule has 0 aromatic rings. The predicted octanol–water partition coefficient (Wildman–Crippen LogP) is 24.3. The molecule has 0 aromatic carbocycles. The molecule has 0 aromatic heterocycles. The van der Waals surface area contributed by atoms with Crippen LogP contribution in [0.1, 0.15) is 412 Å². The summed E-state index contributed by atoms with van der Waals surface area (Å²) in [5.41, 5.74) is 0. The Labute approximate surface area is 513 Å². The van der Waals surface area contributed by atoms with Gasteiger partial charge in [-0.1, -0.05) is 371 Å². The Morgan fingerprint density at radius 1 is 0.341 bits per heavy atom. The second-order valence-corrected chi connectivity index (χ2v) is 25.6. The quantitative estimate of drug-likeness (QED) is 0.0320. The molecule has 0 aliphatic heterocycles. The first-order valence-electron chi connectivity index (χ1n) is 37.3. The zero-order valence-electron chi connectivity index (χ0n) is 55.5. The molecule has 0 bridgehead atoms. The van der Waals surface area contributed by atoms with E-state index in [1.807, 2.05) is 6.08 Å². The number of nitrogens with one attached hydrogen (secondary N) is 1. The summed E-state index contributed by atoms with van der Waals surface area (Å²) in [7, 11) is 0. The number of amides is 1. The molecule has 2 atom stereocenters. The van der Waals surface area contributed by atoms with Crippen molar-refractivity contribution in [1.82, 2.24) is 5.32 Å². The number of aliphatic hydroxyl groups excluding tert-OH is 2. The van der Waals surface area contributed by atoms with Crippen LogP contribution in [0.15, 0.2) is 36.5 Å². The van der Waals surface area contributed by atoms with Crippen molar-refractivity contribution in [1.29, 1.82) is 0 Å². The largest absolute Gasteiger partial charge is 0.466 e. The molecule has 484 valence electrons. The highest BCUT2D eigenvalue weighted by atomic mass is 16.5. The third-order valence-electron chi connectivity index (χ3n) is 17.4. The van der Waals surface area contributed by atoms with Gasteiger partial charge < -0.3 is 20.3 Å². The molecular weight excluding hydrogens is 1010 g/mol. The number of unbranched alkanes of at least 4 members (excludes halogenated alkanes) is 55. The molecule has 0 saturated heterocycles. The minimum atomic E-state index is -0.844. The topological polar surface area (TPSA) is 95.9 Å². The second-order valence-electron chi connectivity index (χ2n) is 25.6. The first-order valence-corrected chi connectivity index (χ1v) is 37.3. The van der Waals surface area contributed by atoms with Gasteiger partial charge in [-0.3, -0.25) is 9.59 Å². The maximum absolute atomic E-state index is 12.5. The van der Waals surface area contributed by atoms with Gasteiger partial charge >= 0.3 is 5.97 Å². The SMILES string of the molecule is CCCCC/C=C\C/C=C\CCCCCCCCCC(=O)OCCCCCCCCCCCCCCCCCCCCCCCCCCCCCC(=O)NC(CO)C(O)/C=C/CCCCCCCCCCCCCCCCCCCCC. The van der Waals surface area contributed by atoms with Gasteiger partial charge in [-0.05, 0) is 64.2 Å². The molecule has 0 heterocycles. The number of hydrogen-bond acceptors (Lipinski definition) is 5. The van der Waals surface area contributed by atoms with Crippen molar-refractivity contribution in [2.75, 3.05) is 13.2 Å². The molecule has 1 amide bonds. The Morgan fingerprint density at radius 3 is 0.951 bits per heavy atom. The summed E-state index contributed by atoms with van der Waals surface area (Å²) >= 11 is 0. The molecule has 0 aliphatic rings. The van der Waals surface area contributed by atoms with E-state index in [0.29, 0.717) is 19.4 Å². The molecule has 6 heteroatoms. The summed E-state index contributed by atoms with van der Waals surface area (Å²) in [6.45, 7) is 4.92. The van der Waals surface area contributed by atoms with Crippen LogP contribution in [-0.4, -0.2) is 47.4 Å². The van der Waals surface area contributed by atoms with E-state index in [4.69, 9.17) is 4.74 Å². The van der Waals surface area contributed by atoms with Crippen LogP contribution < -0.4 is 5.32 Å². The van der Waals surface area contributed by atoms with Crippen LogP contribution in [0.4, 0.5) is 0 Å². The molecule has 0 spiro atoms. The number of rotatable bonds is 70. The summed E-state index contributed by atoms with van der Waals surface area (Å²) in [6.07, 6.45) is 92.4. The number of carbonyl (C=O) groups excluding carboxylic acids is 2. The lowest BCUT2D eigenvalue weighted by Crippen LogP contribution is -2.45. The molecular formula is C76H145NO5. The van der Waals surface area contributed by atoms with Gasteiger partial charge in [-0.2, -0.15) is 0 Å². The van der Waals surface area contributed by atoms with E-state index in [0.717, 1.165) is 51.4 Å². The van der Waals surface area contributed by atoms with E-state index in [9.17, 15) is 19.8 Å². The highest BCUT2D eigenvalue weighted by Gasteiger charge is 2.18. The van der Waals surface area contributed by atoms with Gasteiger partial charge in [0.1, 0.15) is 0 Å². The van der Waals surface area contributed by atoms with Crippen LogP contribution in [0.3, 0.4) is 0 Å². The zero-order valence-corrected chi connectivity index (χ0v) is 55.5. The van der Waals surface area contributed by atoms with Crippen LogP contribution in [0.25, 0.3) is 0 Å². The summed E-state index contributed by atoms with van der Waals surface area (Å²) in [5, 5.41) is 23.3. The molecule has 0 aliphatic carbocycles. The molecule has 82 heavy (non-hydrogen) atoms. The summed E-state index contributed by atoms with van der Waals surface area (Å²) in [4.78, 5) is 24.6. The Kier molecular flexibility index (Phi) is 69.9. The molecule has 6 nitrogen and oxygen atoms in total. The number of carbonyl (C=O) groups is 2. The van der Waals surface area contributed by atoms with E-state index < -0.39 is 12.1 Å². The van der Waals surface area contributed by atoms with Gasteiger partial charge in [-0.25, -0.2) is 0 Å². The summed E-state index contributed by atoms with van der Waals surface area (Å²) in [6, 6.07) is -0.627. The standard InChI is InChI=1S/C76H145NO5/c1-3-5-7-9-11-13-15-17-19-21-22-30-33-37-40-44-48-52-56-60-64-68-74(79)73(72-78)77-75(80)69-65-61-57-53-49-45-41-38-34-31-28-26-24-23-25-27-29-32-35-39-43-47-51-55-59-63-67-71-82-76(81)70-66-62-58-54-50-46-42-36-20-18-16-14-12-10-8-6-4-2/h12,14,18,20,64,68,73-74,78-79H,3-11,13,15-17,19,21-63,65-67,69-72H2,1-2H3,(H,77,80)/b14-12-,20-18-,68-64+. The number of allylic oxidation sites excluding steroid dienone is 5. The fourth-order valence-corrected chi connectivity index (χ4v) is 11.7. The van der Waals surface area contributed by atoms with Gasteiger partial charge in [0.25, 0.3) is 0 Å². The molecule has 0 rings (SSSR count). The number of hydrogen-bond donors (Lipinski definition) is 3. The van der Waals surface area contributed by atoms with Gasteiger partial charge in [-0.15, -0.1) is 0 Å². The second kappa shape index (κ2) is 71.6. The monoisotopic (exact) mass is 1150 g/mol. The maximum Gasteiger partial charge on any atom is 0.305 e. The number of aliphatic hydroxyl groups is 2. The van der Waals surface area contributed by atoms with E-state index in [2.05, 4.69) is 43.5 Å². The minimum Gasteiger partial charge on any atom is -0.466 e. The first kappa shape index (κ1) is 80.1. The van der Waals surface area contributed by atoms with Gasteiger partial charge in [0.2, 0.25) is 5.91 Å². The van der Waals surface area contributed by atoms with E-state index in [1.165, 1.54) is 334 Å². The molecule has 2 unspecified atom stereocenters. The van der Waals surface area contributed by atoms with E-state index in [-0.39, 0.29) is 18.5 Å². The average Bonchev–Trinajstić information content (AvgIpc) is 3.48. The summed E-state index contributed by atoms with van der Waals surface area (Å²) in [5.74, 6) is -0.0507. The van der Waals surface area contributed by atoms with Crippen molar-refractivity contribution in [3.8, 4) is 0 Å². The maximum atomic E-state index is 12.5. The Morgan fingerprint density at radius 2 is 0.610 bits per heavy atom. The van der Waals surface area contributed by atoms with Crippen molar-refractivity contribution in [3.05, 3.63) is 36.5 Å². The van der Waals surface area contributed by atoms with Crippen LogP contribution in [-0.2, 0) is 14.3 Å². The van der Waals surface area contributed by atoms with Crippen LogP contribution in [0, 0.1) is 0 Å². The lowest BCUT2D eigenvalue weighted by Gasteiger charge is -2.20. The van der Waals surface area contributed by atoms with Crippen molar-refractivity contribution in [3.63, 3.8) is 0 Å². The van der Waals surface area contributed by atoms with Crippen molar-refractivity contribution in [2.45, 2.75) is 424 Å². The van der Waals surface area contributed by atoms with Crippen LogP contribution in [0.2, 0.25) is 0 Å². The Balaban J connectivity index is 3.37. The third kappa shape index (κ3) is 67.2. The van der Waals surface area contributed by atoms with Gasteiger partial charge in [0.15, 0.2) is 0 Å².